The summed E-state index contributed by atoms with van der Waals surface area (Å²) < 4.78 is 34.4. The number of rotatable bonds is 43. The molecule has 0 saturated heterocycles. The van der Waals surface area contributed by atoms with Crippen LogP contribution >= 0.6 is 7.82 Å². The van der Waals surface area contributed by atoms with Crippen LogP contribution in [0.1, 0.15) is 213 Å². The van der Waals surface area contributed by atoms with Crippen molar-refractivity contribution in [3.8, 4) is 0 Å². The van der Waals surface area contributed by atoms with E-state index in [2.05, 4.69) is 38.2 Å². The van der Waals surface area contributed by atoms with Crippen LogP contribution in [0.4, 0.5) is 0 Å². The lowest BCUT2D eigenvalue weighted by Gasteiger charge is -2.24. The molecule has 10 heteroatoms. The number of ether oxygens (including phenoxy) is 2. The fraction of sp³-hybridized carbons (Fsp3) is 0.872. The topological polar surface area (TPSA) is 108 Å². The molecule has 0 heterocycles. The van der Waals surface area contributed by atoms with Crippen LogP contribution in [0.2, 0.25) is 0 Å². The maximum absolute atomic E-state index is 12.7. The van der Waals surface area contributed by atoms with Gasteiger partial charge < -0.3 is 18.9 Å². The van der Waals surface area contributed by atoms with Crippen LogP contribution in [0.5, 0.6) is 0 Å². The quantitative estimate of drug-likeness (QED) is 0.0213. The molecule has 0 aromatic carbocycles. The largest absolute Gasteiger partial charge is 0.472 e. The summed E-state index contributed by atoms with van der Waals surface area (Å²) in [6.45, 7) is 4.41. The Labute approximate surface area is 351 Å². The van der Waals surface area contributed by atoms with Crippen molar-refractivity contribution in [3.05, 3.63) is 24.3 Å². The average Bonchev–Trinajstić information content (AvgIpc) is 3.16. The number of likely N-dealkylation sites (N-methyl/N-ethyl adjacent to an activating group) is 1. The summed E-state index contributed by atoms with van der Waals surface area (Å²) in [5.41, 5.74) is 0. The van der Waals surface area contributed by atoms with E-state index < -0.39 is 26.5 Å². The molecule has 0 radical (unpaired) electrons. The van der Waals surface area contributed by atoms with E-state index in [-0.39, 0.29) is 32.0 Å². The number of hydrogen-bond acceptors (Lipinski definition) is 7. The zero-order valence-electron chi connectivity index (χ0n) is 37.8. The van der Waals surface area contributed by atoms with Gasteiger partial charge in [-0.25, -0.2) is 4.57 Å². The number of quaternary nitrogens is 1. The Bertz CT molecular complexity index is 1030. The lowest BCUT2D eigenvalue weighted by Crippen LogP contribution is -2.37. The fourth-order valence-corrected chi connectivity index (χ4v) is 7.26. The Balaban J connectivity index is 4.31. The van der Waals surface area contributed by atoms with Crippen LogP contribution < -0.4 is 0 Å². The van der Waals surface area contributed by atoms with Crippen molar-refractivity contribution < 1.29 is 42.1 Å². The maximum Gasteiger partial charge on any atom is 0.472 e. The zero-order chi connectivity index (χ0) is 42.1. The van der Waals surface area contributed by atoms with Crippen molar-refractivity contribution in [2.24, 2.45) is 0 Å². The molecule has 0 aliphatic rings. The number of phosphoric ester groups is 1. The molecule has 0 aliphatic heterocycles. The summed E-state index contributed by atoms with van der Waals surface area (Å²) in [5, 5.41) is 0. The molecule has 0 amide bonds. The highest BCUT2D eigenvalue weighted by Crippen LogP contribution is 2.43. The van der Waals surface area contributed by atoms with Gasteiger partial charge in [-0.15, -0.1) is 0 Å². The third kappa shape index (κ3) is 43.9. The summed E-state index contributed by atoms with van der Waals surface area (Å²) in [6.07, 6.45) is 43.6. The second-order valence-corrected chi connectivity index (χ2v) is 18.6. The highest BCUT2D eigenvalue weighted by Gasteiger charge is 2.27. The van der Waals surface area contributed by atoms with Crippen molar-refractivity contribution in [1.82, 2.24) is 0 Å². The monoisotopic (exact) mass is 829 g/mol. The Morgan fingerprint density at radius 3 is 1.42 bits per heavy atom. The molecular formula is C47H91NO8P+. The molecule has 0 rings (SSSR count). The van der Waals surface area contributed by atoms with E-state index in [1.165, 1.54) is 122 Å². The first-order valence-corrected chi connectivity index (χ1v) is 25.1. The first-order valence-electron chi connectivity index (χ1n) is 23.6. The van der Waals surface area contributed by atoms with Gasteiger partial charge in [0.25, 0.3) is 0 Å². The Morgan fingerprint density at radius 1 is 0.544 bits per heavy atom. The van der Waals surface area contributed by atoms with Crippen LogP contribution in [0.3, 0.4) is 0 Å². The van der Waals surface area contributed by atoms with Gasteiger partial charge in [0, 0.05) is 12.8 Å². The van der Waals surface area contributed by atoms with Gasteiger partial charge in [-0.3, -0.25) is 18.6 Å². The van der Waals surface area contributed by atoms with Gasteiger partial charge in [-0.1, -0.05) is 179 Å². The molecule has 0 fully saturated rings. The van der Waals surface area contributed by atoms with Crippen molar-refractivity contribution in [2.75, 3.05) is 47.5 Å². The van der Waals surface area contributed by atoms with Gasteiger partial charge in [0.05, 0.1) is 27.7 Å². The molecule has 0 saturated carbocycles. The van der Waals surface area contributed by atoms with Crippen LogP contribution in [0.15, 0.2) is 24.3 Å². The van der Waals surface area contributed by atoms with Crippen molar-refractivity contribution in [1.29, 1.82) is 0 Å². The van der Waals surface area contributed by atoms with Gasteiger partial charge >= 0.3 is 19.8 Å². The standard InChI is InChI=1S/C47H90NO8P/c1-6-8-10-12-14-16-18-20-22-23-24-26-28-30-32-34-36-38-40-47(50)56-45(44-55-57(51,52)54-42-41-48(3,4)5)43-53-46(49)39-37-35-33-31-29-27-25-21-19-17-15-13-11-9-7-2/h15,17,21,25,45H,6-14,16,18-20,22-24,26-44H2,1-5H3/p+1/b17-15+,25-21+/t45-/m1/s1. The Kier molecular flexibility index (Phi) is 38.9. The molecule has 0 bridgehead atoms. The number of carbonyl (C=O) groups is 2. The third-order valence-corrected chi connectivity index (χ3v) is 11.2. The van der Waals surface area contributed by atoms with Crippen molar-refractivity contribution in [2.45, 2.75) is 219 Å². The number of esters is 2. The number of nitrogens with zero attached hydrogens (tertiary/aromatic N) is 1. The lowest BCUT2D eigenvalue weighted by atomic mass is 10.0. The number of unbranched alkanes of at least 4 members (excludes halogenated alkanes) is 25. The van der Waals surface area contributed by atoms with E-state index >= 15 is 0 Å². The normalized spacial score (nSPS) is 13.7. The summed E-state index contributed by atoms with van der Waals surface area (Å²) in [7, 11) is 1.48. The molecule has 1 unspecified atom stereocenters. The van der Waals surface area contributed by atoms with Crippen molar-refractivity contribution >= 4 is 19.8 Å². The molecular weight excluding hydrogens is 737 g/mol. The Hall–Kier alpha value is -1.51. The Morgan fingerprint density at radius 2 is 0.947 bits per heavy atom. The molecule has 0 aromatic heterocycles. The van der Waals surface area contributed by atoms with E-state index in [0.29, 0.717) is 17.4 Å². The van der Waals surface area contributed by atoms with E-state index in [1.54, 1.807) is 0 Å². The minimum Gasteiger partial charge on any atom is -0.462 e. The fourth-order valence-electron chi connectivity index (χ4n) is 6.52. The minimum atomic E-state index is -4.38. The van der Waals surface area contributed by atoms with Crippen LogP contribution in [-0.2, 0) is 32.7 Å². The summed E-state index contributed by atoms with van der Waals surface area (Å²) in [6, 6.07) is 0. The SMILES string of the molecule is CCCCC/C=C/C/C=C/CCCCCCCC(=O)OC[C@H](COP(=O)(O)OCC[N+](C)(C)C)OC(=O)CCCCCCCCCCCCCCCCCCCC. The van der Waals surface area contributed by atoms with E-state index in [1.807, 2.05) is 21.1 Å². The van der Waals surface area contributed by atoms with Gasteiger partial charge in [0.2, 0.25) is 0 Å². The van der Waals surface area contributed by atoms with Crippen LogP contribution in [0.25, 0.3) is 0 Å². The molecule has 0 spiro atoms. The number of carbonyl (C=O) groups excluding carboxylic acids is 2. The number of allylic oxidation sites excluding steroid dienone is 4. The average molecular weight is 829 g/mol. The van der Waals surface area contributed by atoms with Crippen molar-refractivity contribution in [3.63, 3.8) is 0 Å². The third-order valence-electron chi connectivity index (χ3n) is 10.2. The predicted molar refractivity (Wildman–Crippen MR) is 238 cm³/mol. The highest BCUT2D eigenvalue weighted by molar-refractivity contribution is 7.47. The molecule has 2 atom stereocenters. The van der Waals surface area contributed by atoms with Gasteiger partial charge in [0.1, 0.15) is 19.8 Å². The van der Waals surface area contributed by atoms with Gasteiger partial charge in [-0.2, -0.15) is 0 Å². The van der Waals surface area contributed by atoms with E-state index in [4.69, 9.17) is 18.5 Å². The minimum absolute atomic E-state index is 0.0314. The molecule has 336 valence electrons. The van der Waals surface area contributed by atoms with Gasteiger partial charge in [-0.05, 0) is 44.9 Å². The zero-order valence-corrected chi connectivity index (χ0v) is 38.7. The van der Waals surface area contributed by atoms with E-state index in [0.717, 1.165) is 57.8 Å². The predicted octanol–water partition coefficient (Wildman–Crippen LogP) is 13.5. The molecule has 0 aromatic rings. The summed E-state index contributed by atoms with van der Waals surface area (Å²) in [4.78, 5) is 35.4. The lowest BCUT2D eigenvalue weighted by molar-refractivity contribution is -0.870. The number of phosphoric acid groups is 1. The van der Waals surface area contributed by atoms with Gasteiger partial charge in [0.15, 0.2) is 6.10 Å². The highest BCUT2D eigenvalue weighted by atomic mass is 31.2. The van der Waals surface area contributed by atoms with Crippen LogP contribution in [-0.4, -0.2) is 74.9 Å². The molecule has 9 nitrogen and oxygen atoms in total. The second kappa shape index (κ2) is 39.9. The van der Waals surface area contributed by atoms with Crippen LogP contribution in [0, 0.1) is 0 Å². The molecule has 1 N–H and O–H groups in total. The summed E-state index contributed by atoms with van der Waals surface area (Å²) in [5.74, 6) is -0.805. The molecule has 57 heavy (non-hydrogen) atoms. The second-order valence-electron chi connectivity index (χ2n) is 17.1. The summed E-state index contributed by atoms with van der Waals surface area (Å²) >= 11 is 0. The first-order chi connectivity index (χ1) is 27.5. The first kappa shape index (κ1) is 55.5. The maximum atomic E-state index is 12.7. The van der Waals surface area contributed by atoms with E-state index in [9.17, 15) is 19.0 Å². The number of hydrogen-bond donors (Lipinski definition) is 1. The smallest absolute Gasteiger partial charge is 0.462 e. The molecule has 0 aliphatic carbocycles.